The fraction of sp³-hybridized carbons (Fsp3) is 0.938. The van der Waals surface area contributed by atoms with Gasteiger partial charge in [0.2, 0.25) is 5.91 Å². The van der Waals surface area contributed by atoms with Gasteiger partial charge in [0.1, 0.15) is 0 Å². The van der Waals surface area contributed by atoms with Gasteiger partial charge < -0.3 is 10.6 Å². The van der Waals surface area contributed by atoms with Crippen molar-refractivity contribution in [2.45, 2.75) is 77.2 Å². The Labute approximate surface area is 117 Å². The molecule has 19 heavy (non-hydrogen) atoms. The van der Waals surface area contributed by atoms with Crippen LogP contribution in [-0.4, -0.2) is 29.4 Å². The molecule has 110 valence electrons. The van der Waals surface area contributed by atoms with Gasteiger partial charge in [-0.3, -0.25) is 4.79 Å². The summed E-state index contributed by atoms with van der Waals surface area (Å²) < 4.78 is 0. The Morgan fingerprint density at radius 3 is 2.00 bits per heavy atom. The molecular weight excluding hydrogens is 236 g/mol. The molecule has 0 aromatic carbocycles. The monoisotopic (exact) mass is 266 g/mol. The molecule has 0 radical (unpaired) electrons. The number of carbonyl (C=O) groups is 1. The lowest BCUT2D eigenvalue weighted by atomic mass is 9.73. The van der Waals surface area contributed by atoms with Crippen LogP contribution in [0.25, 0.3) is 0 Å². The Kier molecular flexibility index (Phi) is 4.54. The van der Waals surface area contributed by atoms with Crippen molar-refractivity contribution in [1.29, 1.82) is 0 Å². The summed E-state index contributed by atoms with van der Waals surface area (Å²) in [4.78, 5) is 14.7. The number of nitrogens with two attached hydrogens (primary N) is 1. The Balaban J connectivity index is 1.95. The molecule has 2 aliphatic rings. The summed E-state index contributed by atoms with van der Waals surface area (Å²) >= 11 is 0. The molecule has 0 spiro atoms. The Hall–Kier alpha value is -0.570. The molecule has 1 aliphatic heterocycles. The summed E-state index contributed by atoms with van der Waals surface area (Å²) in [5.41, 5.74) is 6.31. The number of carbonyl (C=O) groups excluding carboxylic acids is 1. The van der Waals surface area contributed by atoms with E-state index in [-0.39, 0.29) is 5.91 Å². The molecule has 2 fully saturated rings. The maximum Gasteiger partial charge on any atom is 0.242 e. The van der Waals surface area contributed by atoms with E-state index < -0.39 is 5.54 Å². The highest BCUT2D eigenvalue weighted by atomic mass is 16.2. The second-order valence-electron chi connectivity index (χ2n) is 6.72. The first kappa shape index (κ1) is 14.8. The fourth-order valence-corrected chi connectivity index (χ4v) is 3.85. The van der Waals surface area contributed by atoms with Gasteiger partial charge in [-0.05, 0) is 31.1 Å². The molecular formula is C16H30N2O. The Bertz CT molecular complexity index is 307. The molecule has 3 nitrogen and oxygen atoms in total. The van der Waals surface area contributed by atoms with Crippen molar-refractivity contribution in [3.05, 3.63) is 0 Å². The van der Waals surface area contributed by atoms with Crippen LogP contribution in [0, 0.1) is 5.41 Å². The van der Waals surface area contributed by atoms with Crippen LogP contribution in [0.15, 0.2) is 0 Å². The maximum absolute atomic E-state index is 12.7. The molecule has 0 bridgehead atoms. The van der Waals surface area contributed by atoms with Crippen LogP contribution in [0.1, 0.15) is 71.6 Å². The van der Waals surface area contributed by atoms with Crippen LogP contribution in [-0.2, 0) is 4.79 Å². The smallest absolute Gasteiger partial charge is 0.242 e. The summed E-state index contributed by atoms with van der Waals surface area (Å²) in [6.45, 7) is 6.40. The fourth-order valence-electron chi connectivity index (χ4n) is 3.85. The van der Waals surface area contributed by atoms with E-state index in [9.17, 15) is 4.79 Å². The van der Waals surface area contributed by atoms with Gasteiger partial charge in [0, 0.05) is 13.1 Å². The normalized spacial score (nSPS) is 26.2. The van der Waals surface area contributed by atoms with Crippen LogP contribution >= 0.6 is 0 Å². The van der Waals surface area contributed by atoms with E-state index in [2.05, 4.69) is 18.7 Å². The van der Waals surface area contributed by atoms with E-state index in [0.717, 1.165) is 51.6 Å². The van der Waals surface area contributed by atoms with Gasteiger partial charge in [-0.1, -0.05) is 46.0 Å². The molecule has 2 N–H and O–H groups in total. The third-order valence-electron chi connectivity index (χ3n) is 5.78. The quantitative estimate of drug-likeness (QED) is 0.853. The first-order chi connectivity index (χ1) is 9.05. The van der Waals surface area contributed by atoms with Crippen molar-refractivity contribution in [2.24, 2.45) is 11.1 Å². The summed E-state index contributed by atoms with van der Waals surface area (Å²) in [5, 5.41) is 0. The lowest BCUT2D eigenvalue weighted by molar-refractivity contribution is -0.140. The van der Waals surface area contributed by atoms with Crippen molar-refractivity contribution in [1.82, 2.24) is 4.90 Å². The number of likely N-dealkylation sites (tertiary alicyclic amines) is 1. The molecule has 0 atom stereocenters. The van der Waals surface area contributed by atoms with Gasteiger partial charge >= 0.3 is 0 Å². The van der Waals surface area contributed by atoms with E-state index in [0.29, 0.717) is 5.41 Å². The van der Waals surface area contributed by atoms with Gasteiger partial charge in [0.25, 0.3) is 0 Å². The van der Waals surface area contributed by atoms with E-state index in [1.165, 1.54) is 19.3 Å². The van der Waals surface area contributed by atoms with Crippen molar-refractivity contribution in [2.75, 3.05) is 13.1 Å². The molecule has 1 aliphatic carbocycles. The molecule has 3 heteroatoms. The van der Waals surface area contributed by atoms with E-state index >= 15 is 0 Å². The lowest BCUT2D eigenvalue weighted by Gasteiger charge is -2.44. The first-order valence-corrected chi connectivity index (χ1v) is 8.13. The van der Waals surface area contributed by atoms with Gasteiger partial charge in [-0.25, -0.2) is 0 Å². The van der Waals surface area contributed by atoms with Crippen molar-refractivity contribution in [3.63, 3.8) is 0 Å². The van der Waals surface area contributed by atoms with E-state index in [1.807, 2.05) is 0 Å². The van der Waals surface area contributed by atoms with Gasteiger partial charge in [-0.2, -0.15) is 0 Å². The van der Waals surface area contributed by atoms with Crippen molar-refractivity contribution >= 4 is 5.91 Å². The highest BCUT2D eigenvalue weighted by Gasteiger charge is 2.41. The average molecular weight is 266 g/mol. The van der Waals surface area contributed by atoms with E-state index in [4.69, 9.17) is 5.73 Å². The lowest BCUT2D eigenvalue weighted by Crippen LogP contribution is -2.58. The Morgan fingerprint density at radius 2 is 1.53 bits per heavy atom. The summed E-state index contributed by atoms with van der Waals surface area (Å²) in [7, 11) is 0. The van der Waals surface area contributed by atoms with Crippen LogP contribution in [0.5, 0.6) is 0 Å². The number of piperidine rings is 1. The van der Waals surface area contributed by atoms with Gasteiger partial charge in [0.15, 0.2) is 0 Å². The second-order valence-corrected chi connectivity index (χ2v) is 6.72. The molecule has 0 aromatic heterocycles. The van der Waals surface area contributed by atoms with Crippen molar-refractivity contribution in [3.8, 4) is 0 Å². The Morgan fingerprint density at radius 1 is 1.00 bits per heavy atom. The third kappa shape index (κ3) is 2.96. The number of nitrogens with zero attached hydrogens (tertiary/aromatic N) is 1. The summed E-state index contributed by atoms with van der Waals surface area (Å²) in [5.74, 6) is 0.230. The average Bonchev–Trinajstić information content (AvgIpc) is 2.47. The molecule has 1 saturated carbocycles. The number of hydrogen-bond acceptors (Lipinski definition) is 2. The van der Waals surface area contributed by atoms with Crippen LogP contribution in [0.2, 0.25) is 0 Å². The predicted octanol–water partition coefficient (Wildman–Crippen LogP) is 3.08. The molecule has 1 amide bonds. The molecule has 0 aromatic rings. The highest BCUT2D eigenvalue weighted by molar-refractivity contribution is 5.86. The second kappa shape index (κ2) is 5.82. The summed E-state index contributed by atoms with van der Waals surface area (Å²) in [6.07, 6.45) is 10.0. The topological polar surface area (TPSA) is 46.3 Å². The van der Waals surface area contributed by atoms with E-state index in [1.54, 1.807) is 0 Å². The minimum atomic E-state index is -0.545. The minimum absolute atomic E-state index is 0.230. The zero-order valence-electron chi connectivity index (χ0n) is 12.7. The highest BCUT2D eigenvalue weighted by Crippen LogP contribution is 2.39. The number of amides is 1. The predicted molar refractivity (Wildman–Crippen MR) is 78.8 cm³/mol. The standard InChI is InChI=1S/C16H30N2O/c1-3-15(4-2)10-12-18(13-11-15)14(19)16(17)8-6-5-7-9-16/h3-13,17H2,1-2H3. The first-order valence-electron chi connectivity index (χ1n) is 8.13. The summed E-state index contributed by atoms with van der Waals surface area (Å²) in [6, 6.07) is 0. The number of hydrogen-bond donors (Lipinski definition) is 1. The zero-order valence-corrected chi connectivity index (χ0v) is 12.7. The van der Waals surface area contributed by atoms with Gasteiger partial charge in [0.05, 0.1) is 5.54 Å². The van der Waals surface area contributed by atoms with Crippen LogP contribution < -0.4 is 5.73 Å². The third-order valence-corrected chi connectivity index (χ3v) is 5.78. The zero-order chi connectivity index (χ0) is 13.9. The van der Waals surface area contributed by atoms with Crippen LogP contribution in [0.4, 0.5) is 0 Å². The minimum Gasteiger partial charge on any atom is -0.341 e. The van der Waals surface area contributed by atoms with Crippen molar-refractivity contribution < 1.29 is 4.79 Å². The van der Waals surface area contributed by atoms with Gasteiger partial charge in [-0.15, -0.1) is 0 Å². The molecule has 1 heterocycles. The molecule has 1 saturated heterocycles. The largest absolute Gasteiger partial charge is 0.341 e. The molecule has 0 unspecified atom stereocenters. The SMILES string of the molecule is CCC1(CC)CCN(C(=O)C2(N)CCCCC2)CC1. The maximum atomic E-state index is 12.7. The molecule has 2 rings (SSSR count). The number of rotatable bonds is 3. The van der Waals surface area contributed by atoms with Crippen LogP contribution in [0.3, 0.4) is 0 Å².